The minimum atomic E-state index is 0.941. The molecule has 0 fully saturated rings. The van der Waals surface area contributed by atoms with Crippen LogP contribution in [0.3, 0.4) is 0 Å². The lowest BCUT2D eigenvalue weighted by Gasteiger charge is -2.08. The molecule has 0 unspecified atom stereocenters. The number of methoxy groups -OCH3 is 1. The van der Waals surface area contributed by atoms with Crippen molar-refractivity contribution in [2.24, 2.45) is 0 Å². The first-order valence-electron chi connectivity index (χ1n) is 3.75. The van der Waals surface area contributed by atoms with Crippen LogP contribution in [0.4, 0.5) is 0 Å². The summed E-state index contributed by atoms with van der Waals surface area (Å²) in [6.07, 6.45) is 0. The summed E-state index contributed by atoms with van der Waals surface area (Å²) < 4.78 is 6.33. The van der Waals surface area contributed by atoms with Gasteiger partial charge in [-0.2, -0.15) is 0 Å². The summed E-state index contributed by atoms with van der Waals surface area (Å²) in [7, 11) is 1.70. The van der Waals surface area contributed by atoms with Gasteiger partial charge in [-0.3, -0.25) is 0 Å². The lowest BCUT2D eigenvalue weighted by atomic mass is 10.3. The van der Waals surface area contributed by atoms with Crippen molar-refractivity contribution in [3.05, 3.63) is 22.7 Å². The van der Waals surface area contributed by atoms with Crippen molar-refractivity contribution in [2.75, 3.05) is 12.9 Å². The van der Waals surface area contributed by atoms with Gasteiger partial charge in [-0.25, -0.2) is 0 Å². The standard InChI is InChI=1S/C9H11BrOS/c1-3-12-9-7(10)5-4-6-8(9)11-2/h4-6H,3H2,1-2H3. The van der Waals surface area contributed by atoms with E-state index in [1.807, 2.05) is 18.2 Å². The second kappa shape index (κ2) is 4.77. The molecule has 0 heterocycles. The molecule has 1 rings (SSSR count). The molecular weight excluding hydrogens is 236 g/mol. The number of ether oxygens (including phenoxy) is 1. The van der Waals surface area contributed by atoms with Crippen molar-refractivity contribution in [1.82, 2.24) is 0 Å². The third kappa shape index (κ3) is 2.17. The van der Waals surface area contributed by atoms with E-state index in [4.69, 9.17) is 4.74 Å². The Balaban J connectivity index is 3.02. The second-order valence-corrected chi connectivity index (χ2v) is 4.33. The van der Waals surface area contributed by atoms with Crippen LogP contribution in [0, 0.1) is 0 Å². The van der Waals surface area contributed by atoms with Crippen molar-refractivity contribution >= 4 is 27.7 Å². The molecule has 1 aromatic rings. The molecule has 0 atom stereocenters. The average molecular weight is 247 g/mol. The molecule has 12 heavy (non-hydrogen) atoms. The van der Waals surface area contributed by atoms with E-state index in [0.717, 1.165) is 16.0 Å². The summed E-state index contributed by atoms with van der Waals surface area (Å²) in [5.74, 6) is 2.00. The Kier molecular flexibility index (Phi) is 3.95. The Bertz CT molecular complexity index is 263. The number of benzene rings is 1. The van der Waals surface area contributed by atoms with E-state index in [0.29, 0.717) is 0 Å². The van der Waals surface area contributed by atoms with Crippen LogP contribution in [0.5, 0.6) is 5.75 Å². The molecule has 3 heteroatoms. The van der Waals surface area contributed by atoms with Gasteiger partial charge in [0, 0.05) is 4.47 Å². The fourth-order valence-electron chi connectivity index (χ4n) is 0.934. The normalized spacial score (nSPS) is 9.92. The monoisotopic (exact) mass is 246 g/mol. The quantitative estimate of drug-likeness (QED) is 0.755. The minimum Gasteiger partial charge on any atom is -0.496 e. The molecule has 1 aromatic carbocycles. The summed E-state index contributed by atoms with van der Waals surface area (Å²) in [6, 6.07) is 5.98. The molecule has 66 valence electrons. The molecule has 0 radical (unpaired) electrons. The van der Waals surface area contributed by atoms with Crippen LogP contribution in [-0.2, 0) is 0 Å². The highest BCUT2D eigenvalue weighted by Gasteiger charge is 2.05. The minimum absolute atomic E-state index is 0.941. The zero-order valence-electron chi connectivity index (χ0n) is 7.13. The number of rotatable bonds is 3. The highest BCUT2D eigenvalue weighted by Crippen LogP contribution is 2.35. The lowest BCUT2D eigenvalue weighted by Crippen LogP contribution is -1.86. The molecule has 0 aliphatic rings. The van der Waals surface area contributed by atoms with Gasteiger partial charge < -0.3 is 4.74 Å². The van der Waals surface area contributed by atoms with Crippen LogP contribution < -0.4 is 4.74 Å². The first-order chi connectivity index (χ1) is 5.79. The van der Waals surface area contributed by atoms with Crippen LogP contribution in [-0.4, -0.2) is 12.9 Å². The van der Waals surface area contributed by atoms with Crippen molar-refractivity contribution < 1.29 is 4.74 Å². The van der Waals surface area contributed by atoms with Gasteiger partial charge in [0.25, 0.3) is 0 Å². The fourth-order valence-corrected chi connectivity index (χ4v) is 2.41. The predicted octanol–water partition coefficient (Wildman–Crippen LogP) is 3.57. The predicted molar refractivity (Wildman–Crippen MR) is 57.1 cm³/mol. The van der Waals surface area contributed by atoms with Crippen LogP contribution in [0.2, 0.25) is 0 Å². The van der Waals surface area contributed by atoms with Crippen LogP contribution in [0.25, 0.3) is 0 Å². The van der Waals surface area contributed by atoms with Gasteiger partial charge >= 0.3 is 0 Å². The Labute approximate surface area is 85.6 Å². The summed E-state index contributed by atoms with van der Waals surface area (Å²) in [5.41, 5.74) is 0. The first-order valence-corrected chi connectivity index (χ1v) is 5.52. The van der Waals surface area contributed by atoms with Crippen molar-refractivity contribution in [1.29, 1.82) is 0 Å². The lowest BCUT2D eigenvalue weighted by molar-refractivity contribution is 0.404. The molecule has 0 amide bonds. The fraction of sp³-hybridized carbons (Fsp3) is 0.333. The molecule has 0 bridgehead atoms. The Morgan fingerprint density at radius 1 is 1.50 bits per heavy atom. The smallest absolute Gasteiger partial charge is 0.133 e. The van der Waals surface area contributed by atoms with Gasteiger partial charge in [-0.05, 0) is 33.8 Å². The Morgan fingerprint density at radius 3 is 2.83 bits per heavy atom. The van der Waals surface area contributed by atoms with Gasteiger partial charge in [-0.1, -0.05) is 13.0 Å². The van der Waals surface area contributed by atoms with Gasteiger partial charge in [0.1, 0.15) is 5.75 Å². The van der Waals surface area contributed by atoms with Crippen molar-refractivity contribution in [3.8, 4) is 5.75 Å². The molecule has 0 saturated heterocycles. The molecule has 0 aliphatic heterocycles. The zero-order valence-corrected chi connectivity index (χ0v) is 9.54. The molecule has 0 N–H and O–H groups in total. The number of hydrogen-bond acceptors (Lipinski definition) is 2. The highest BCUT2D eigenvalue weighted by atomic mass is 79.9. The molecular formula is C9H11BrOS. The molecule has 0 spiro atoms. The van der Waals surface area contributed by atoms with Gasteiger partial charge in [0.15, 0.2) is 0 Å². The number of hydrogen-bond donors (Lipinski definition) is 0. The zero-order chi connectivity index (χ0) is 8.97. The highest BCUT2D eigenvalue weighted by molar-refractivity contribution is 9.10. The summed E-state index contributed by atoms with van der Waals surface area (Å²) in [6.45, 7) is 2.13. The van der Waals surface area contributed by atoms with Crippen LogP contribution >= 0.6 is 27.7 Å². The third-order valence-electron chi connectivity index (χ3n) is 1.44. The SMILES string of the molecule is CCSc1c(Br)cccc1OC. The maximum absolute atomic E-state index is 5.23. The molecule has 0 saturated carbocycles. The Morgan fingerprint density at radius 2 is 2.25 bits per heavy atom. The second-order valence-electron chi connectivity index (χ2n) is 2.20. The van der Waals surface area contributed by atoms with E-state index < -0.39 is 0 Å². The van der Waals surface area contributed by atoms with E-state index in [1.54, 1.807) is 18.9 Å². The molecule has 0 aliphatic carbocycles. The van der Waals surface area contributed by atoms with E-state index >= 15 is 0 Å². The van der Waals surface area contributed by atoms with Crippen LogP contribution in [0.15, 0.2) is 27.6 Å². The number of halogens is 1. The maximum Gasteiger partial charge on any atom is 0.133 e. The van der Waals surface area contributed by atoms with E-state index in [2.05, 4.69) is 22.9 Å². The summed E-state index contributed by atoms with van der Waals surface area (Å²) in [4.78, 5) is 1.18. The van der Waals surface area contributed by atoms with Gasteiger partial charge in [0.2, 0.25) is 0 Å². The van der Waals surface area contributed by atoms with Crippen molar-refractivity contribution in [3.63, 3.8) is 0 Å². The average Bonchev–Trinajstić information content (AvgIpc) is 2.09. The largest absolute Gasteiger partial charge is 0.496 e. The maximum atomic E-state index is 5.23. The van der Waals surface area contributed by atoms with E-state index in [9.17, 15) is 0 Å². The van der Waals surface area contributed by atoms with Crippen LogP contribution in [0.1, 0.15) is 6.92 Å². The first kappa shape index (κ1) is 9.93. The molecule has 1 nitrogen and oxygen atoms in total. The summed E-state index contributed by atoms with van der Waals surface area (Å²) >= 11 is 5.27. The molecule has 0 aromatic heterocycles. The topological polar surface area (TPSA) is 9.23 Å². The van der Waals surface area contributed by atoms with E-state index in [1.165, 1.54) is 4.90 Å². The van der Waals surface area contributed by atoms with Gasteiger partial charge in [-0.15, -0.1) is 11.8 Å². The number of thioether (sulfide) groups is 1. The van der Waals surface area contributed by atoms with Gasteiger partial charge in [0.05, 0.1) is 12.0 Å². The summed E-state index contributed by atoms with van der Waals surface area (Å²) in [5, 5.41) is 0. The third-order valence-corrected chi connectivity index (χ3v) is 3.36. The van der Waals surface area contributed by atoms with Crippen molar-refractivity contribution in [2.45, 2.75) is 11.8 Å². The Hall–Kier alpha value is -0.150. The van der Waals surface area contributed by atoms with E-state index in [-0.39, 0.29) is 0 Å².